The average molecular weight is 398 g/mol. The van der Waals surface area contributed by atoms with Crippen molar-refractivity contribution in [1.29, 1.82) is 0 Å². The fourth-order valence-electron chi connectivity index (χ4n) is 3.01. The van der Waals surface area contributed by atoms with E-state index in [4.69, 9.17) is 9.84 Å². The van der Waals surface area contributed by atoms with Gasteiger partial charge in [-0.05, 0) is 36.3 Å². The summed E-state index contributed by atoms with van der Waals surface area (Å²) in [5.74, 6) is -0.665. The molecule has 5 unspecified atom stereocenters. The number of carbonyl (C=O) groups is 1. The van der Waals surface area contributed by atoms with Gasteiger partial charge in [0.1, 0.15) is 18.3 Å². The highest BCUT2D eigenvalue weighted by molar-refractivity contribution is 5.73. The van der Waals surface area contributed by atoms with Gasteiger partial charge in [0.25, 0.3) is 0 Å². The number of carboxylic acid groups (broad SMARTS) is 1. The number of rotatable bonds is 7. The first-order valence-corrected chi connectivity index (χ1v) is 9.74. The van der Waals surface area contributed by atoms with Crippen molar-refractivity contribution in [2.24, 2.45) is 5.92 Å². The molecule has 0 amide bonds. The number of hydrogen-bond donors (Lipinski definition) is 4. The van der Waals surface area contributed by atoms with Gasteiger partial charge < -0.3 is 29.9 Å². The van der Waals surface area contributed by atoms with Crippen molar-refractivity contribution in [3.05, 3.63) is 35.4 Å². The number of ether oxygens (including phenoxy) is 2. The van der Waals surface area contributed by atoms with Gasteiger partial charge in [0.2, 0.25) is 0 Å². The quantitative estimate of drug-likeness (QED) is 0.553. The molecule has 0 spiro atoms. The van der Waals surface area contributed by atoms with Crippen LogP contribution in [0.5, 0.6) is 0 Å². The van der Waals surface area contributed by atoms with Gasteiger partial charge in [-0.15, -0.1) is 0 Å². The van der Waals surface area contributed by atoms with Crippen LogP contribution in [-0.4, -0.2) is 64.2 Å². The van der Waals surface area contributed by atoms with Crippen LogP contribution in [0.15, 0.2) is 24.3 Å². The third kappa shape index (κ3) is 7.48. The largest absolute Gasteiger partial charge is 0.479 e. The second-order valence-electron chi connectivity index (χ2n) is 7.49. The van der Waals surface area contributed by atoms with Gasteiger partial charge in [-0.1, -0.05) is 51.5 Å². The monoisotopic (exact) mass is 398 g/mol. The molecule has 1 fully saturated rings. The number of hydrogen-bond acceptors (Lipinski definition) is 6. The van der Waals surface area contributed by atoms with Crippen LogP contribution in [0.4, 0.5) is 0 Å². The number of carboxylic acids is 1. The molecule has 5 atom stereocenters. The predicted octanol–water partition coefficient (Wildman–Crippen LogP) is 1.75. The Morgan fingerprint density at radius 2 is 1.79 bits per heavy atom. The number of aliphatic hydroxyl groups excluding tert-OH is 3. The topological polar surface area (TPSA) is 116 Å². The third-order valence-electron chi connectivity index (χ3n) is 4.50. The first-order valence-electron chi connectivity index (χ1n) is 9.74. The van der Waals surface area contributed by atoms with E-state index >= 15 is 0 Å². The number of aliphatic carboxylic acids is 1. The molecule has 1 saturated heterocycles. The van der Waals surface area contributed by atoms with Crippen molar-refractivity contribution < 1.29 is 34.7 Å². The summed E-state index contributed by atoms with van der Waals surface area (Å²) in [6.07, 6.45) is -2.55. The SMILES string of the molecule is CCCCc1cccc(CC(C)C)c1.COC1OC(C(=O)O)C(O)C(O)C1O. The molecule has 160 valence electrons. The van der Waals surface area contributed by atoms with Crippen LogP contribution in [0.3, 0.4) is 0 Å². The molecule has 1 aromatic carbocycles. The third-order valence-corrected chi connectivity index (χ3v) is 4.50. The minimum Gasteiger partial charge on any atom is -0.479 e. The van der Waals surface area contributed by atoms with Crippen molar-refractivity contribution in [3.8, 4) is 0 Å². The van der Waals surface area contributed by atoms with Gasteiger partial charge in [0, 0.05) is 7.11 Å². The van der Waals surface area contributed by atoms with Crippen molar-refractivity contribution in [2.75, 3.05) is 7.11 Å². The Hall–Kier alpha value is -1.51. The molecule has 1 aliphatic rings. The van der Waals surface area contributed by atoms with Crippen LogP contribution in [0.1, 0.15) is 44.7 Å². The highest BCUT2D eigenvalue weighted by atomic mass is 16.7. The van der Waals surface area contributed by atoms with Crippen molar-refractivity contribution in [1.82, 2.24) is 0 Å². The summed E-state index contributed by atoms with van der Waals surface area (Å²) in [5, 5.41) is 36.3. The Balaban J connectivity index is 0.000000280. The van der Waals surface area contributed by atoms with E-state index < -0.39 is 36.7 Å². The van der Waals surface area contributed by atoms with E-state index in [0.29, 0.717) is 0 Å². The Morgan fingerprint density at radius 1 is 1.14 bits per heavy atom. The molecule has 7 heteroatoms. The summed E-state index contributed by atoms with van der Waals surface area (Å²) >= 11 is 0. The highest BCUT2D eigenvalue weighted by Gasteiger charge is 2.47. The summed E-state index contributed by atoms with van der Waals surface area (Å²) < 4.78 is 9.31. The molecule has 0 radical (unpaired) electrons. The second kappa shape index (κ2) is 12.1. The first kappa shape index (κ1) is 24.5. The summed E-state index contributed by atoms with van der Waals surface area (Å²) in [7, 11) is 1.19. The van der Waals surface area contributed by atoms with Crippen molar-refractivity contribution in [3.63, 3.8) is 0 Å². The lowest BCUT2D eigenvalue weighted by Crippen LogP contribution is -2.60. The first-order chi connectivity index (χ1) is 13.2. The number of methoxy groups -OCH3 is 1. The molecule has 0 bridgehead atoms. The maximum atomic E-state index is 10.5. The van der Waals surface area contributed by atoms with Crippen LogP contribution >= 0.6 is 0 Å². The van der Waals surface area contributed by atoms with E-state index in [0.717, 1.165) is 5.92 Å². The number of aryl methyl sites for hydroxylation is 1. The zero-order valence-electron chi connectivity index (χ0n) is 17.1. The molecule has 1 aliphatic heterocycles. The van der Waals surface area contributed by atoms with Crippen molar-refractivity contribution >= 4 is 5.97 Å². The number of aliphatic hydroxyl groups is 3. The van der Waals surface area contributed by atoms with E-state index in [1.54, 1.807) is 0 Å². The summed E-state index contributed by atoms with van der Waals surface area (Å²) in [4.78, 5) is 10.5. The molecule has 0 aromatic heterocycles. The smallest absolute Gasteiger partial charge is 0.335 e. The van der Waals surface area contributed by atoms with Gasteiger partial charge in [-0.3, -0.25) is 0 Å². The molecule has 1 aromatic rings. The van der Waals surface area contributed by atoms with Gasteiger partial charge in [-0.2, -0.15) is 0 Å². The standard InChI is InChI=1S/C14H22.C7H12O7/c1-4-5-7-13-8-6-9-14(11-13)10-12(2)3;1-13-7-4(10)2(8)3(9)5(14-7)6(11)12/h6,8-9,11-12H,4-5,7,10H2,1-3H3;2-5,7-10H,1H3,(H,11,12). The van der Waals surface area contributed by atoms with E-state index in [2.05, 4.69) is 49.8 Å². The van der Waals surface area contributed by atoms with Crippen molar-refractivity contribution in [2.45, 2.75) is 77.2 Å². The van der Waals surface area contributed by atoms with Crippen LogP contribution in [-0.2, 0) is 27.1 Å². The molecular weight excluding hydrogens is 364 g/mol. The summed E-state index contributed by atoms with van der Waals surface area (Å²) in [6.45, 7) is 6.80. The molecule has 0 aliphatic carbocycles. The lowest BCUT2D eigenvalue weighted by atomic mass is 9.99. The zero-order chi connectivity index (χ0) is 21.3. The predicted molar refractivity (Wildman–Crippen MR) is 105 cm³/mol. The Kier molecular flexibility index (Phi) is 10.6. The van der Waals surface area contributed by atoms with Gasteiger partial charge in [0.05, 0.1) is 0 Å². The van der Waals surface area contributed by atoms with Gasteiger partial charge >= 0.3 is 5.97 Å². The second-order valence-corrected chi connectivity index (χ2v) is 7.49. The molecular formula is C21H34O7. The molecule has 4 N–H and O–H groups in total. The fraction of sp³-hybridized carbons (Fsp3) is 0.667. The molecule has 0 saturated carbocycles. The number of benzene rings is 1. The Bertz CT molecular complexity index is 588. The van der Waals surface area contributed by atoms with E-state index in [9.17, 15) is 20.1 Å². The zero-order valence-corrected chi connectivity index (χ0v) is 17.1. The van der Waals surface area contributed by atoms with Gasteiger partial charge in [0.15, 0.2) is 12.4 Å². The van der Waals surface area contributed by atoms with E-state index in [-0.39, 0.29) is 0 Å². The minimum absolute atomic E-state index is 0.761. The summed E-state index contributed by atoms with van der Waals surface area (Å²) in [5.41, 5.74) is 3.00. The van der Waals surface area contributed by atoms with Crippen LogP contribution in [0.2, 0.25) is 0 Å². The Labute approximate surface area is 166 Å². The molecule has 1 heterocycles. The fourth-order valence-corrected chi connectivity index (χ4v) is 3.01. The number of unbranched alkanes of at least 4 members (excludes halogenated alkanes) is 1. The average Bonchev–Trinajstić information content (AvgIpc) is 2.65. The Morgan fingerprint density at radius 3 is 2.32 bits per heavy atom. The maximum Gasteiger partial charge on any atom is 0.335 e. The normalized spacial score (nSPS) is 27.2. The molecule has 28 heavy (non-hydrogen) atoms. The molecule has 7 nitrogen and oxygen atoms in total. The van der Waals surface area contributed by atoms with Crippen LogP contribution in [0.25, 0.3) is 0 Å². The lowest BCUT2D eigenvalue weighted by Gasteiger charge is -2.37. The highest BCUT2D eigenvalue weighted by Crippen LogP contribution is 2.21. The summed E-state index contributed by atoms with van der Waals surface area (Å²) in [6, 6.07) is 9.06. The van der Waals surface area contributed by atoms with E-state index in [1.807, 2.05) is 0 Å². The van der Waals surface area contributed by atoms with Crippen LogP contribution < -0.4 is 0 Å². The van der Waals surface area contributed by atoms with E-state index in [1.165, 1.54) is 43.9 Å². The van der Waals surface area contributed by atoms with Crippen LogP contribution in [0, 0.1) is 5.92 Å². The minimum atomic E-state index is -1.67. The van der Waals surface area contributed by atoms with Gasteiger partial charge in [-0.25, -0.2) is 4.79 Å². The molecule has 2 rings (SSSR count). The lowest BCUT2D eigenvalue weighted by molar-refractivity contribution is -0.287. The maximum absolute atomic E-state index is 10.5.